The first kappa shape index (κ1) is 24.7. The number of pyridine rings is 1. The predicted octanol–water partition coefficient (Wildman–Crippen LogP) is 5.87. The molecule has 0 unspecified atom stereocenters. The first-order valence-electron chi connectivity index (χ1n) is 11.2. The van der Waals surface area contributed by atoms with E-state index in [1.54, 1.807) is 48.8 Å². The fourth-order valence-electron chi connectivity index (χ4n) is 3.92. The zero-order chi connectivity index (χ0) is 25.8. The minimum Gasteiger partial charge on any atom is -0.464 e. The van der Waals surface area contributed by atoms with Crippen LogP contribution in [0.5, 0.6) is 0 Å². The molecule has 0 spiro atoms. The predicted molar refractivity (Wildman–Crippen MR) is 139 cm³/mol. The van der Waals surface area contributed by atoms with Gasteiger partial charge in [-0.15, -0.1) is 0 Å². The Bertz CT molecular complexity index is 1580. The van der Waals surface area contributed by atoms with E-state index in [4.69, 9.17) is 17.3 Å². The molecule has 3 heterocycles. The second kappa shape index (κ2) is 10.5. The van der Waals surface area contributed by atoms with Crippen LogP contribution in [0.15, 0.2) is 73.2 Å². The number of hydrogen-bond donors (Lipinski definition) is 3. The summed E-state index contributed by atoms with van der Waals surface area (Å²) in [6.45, 7) is 1.92. The Labute approximate surface area is 211 Å². The van der Waals surface area contributed by atoms with Crippen molar-refractivity contribution in [1.29, 1.82) is 0 Å². The van der Waals surface area contributed by atoms with Crippen LogP contribution in [0, 0.1) is 0 Å². The van der Waals surface area contributed by atoms with Crippen molar-refractivity contribution in [3.63, 3.8) is 0 Å². The van der Waals surface area contributed by atoms with Crippen LogP contribution in [-0.2, 0) is 4.79 Å². The number of carboxylic acid groups (broad SMARTS) is 1. The highest BCUT2D eigenvalue weighted by Gasteiger charge is 2.19. The van der Waals surface area contributed by atoms with E-state index in [9.17, 15) is 19.5 Å². The number of hydrogen-bond acceptors (Lipinski definition) is 4. The number of amides is 1. The Morgan fingerprint density at radius 2 is 1.78 bits per heavy atom. The largest absolute Gasteiger partial charge is 0.464 e. The van der Waals surface area contributed by atoms with Gasteiger partial charge in [-0.2, -0.15) is 0 Å². The van der Waals surface area contributed by atoms with E-state index in [2.05, 4.69) is 9.97 Å². The van der Waals surface area contributed by atoms with Crippen LogP contribution in [-0.4, -0.2) is 37.4 Å². The lowest BCUT2D eigenvalue weighted by atomic mass is 9.99. The summed E-state index contributed by atoms with van der Waals surface area (Å²) in [4.78, 5) is 42.1. The van der Waals surface area contributed by atoms with E-state index < -0.39 is 6.09 Å². The van der Waals surface area contributed by atoms with Gasteiger partial charge in [-0.25, -0.2) is 9.78 Å². The second-order valence-electron chi connectivity index (χ2n) is 8.08. The highest BCUT2D eigenvalue weighted by Crippen LogP contribution is 2.29. The molecule has 2 aromatic carbocycles. The van der Waals surface area contributed by atoms with Crippen LogP contribution in [0.3, 0.4) is 0 Å². The van der Waals surface area contributed by atoms with E-state index >= 15 is 0 Å². The summed E-state index contributed by atoms with van der Waals surface area (Å²) in [6, 6.07) is 16.0. The average Bonchev–Trinajstić information content (AvgIpc) is 3.48. The molecule has 182 valence electrons. The number of rotatable bonds is 5. The first-order valence-corrected chi connectivity index (χ1v) is 11.6. The molecule has 0 aliphatic rings. The number of halogens is 1. The fraction of sp³-hybridized carbons (Fsp3) is 0.111. The molecule has 3 aromatic heterocycles. The summed E-state index contributed by atoms with van der Waals surface area (Å²) in [5.41, 5.74) is 8.55. The number of nitrogens with two attached hydrogens (primary N) is 1. The third kappa shape index (κ3) is 4.99. The topological polar surface area (TPSA) is 131 Å². The summed E-state index contributed by atoms with van der Waals surface area (Å²) >= 11 is 5.98. The number of aromatic amines is 1. The number of H-pyrrole nitrogens is 1. The maximum absolute atomic E-state index is 13.4. The Morgan fingerprint density at radius 3 is 2.42 bits per heavy atom. The lowest BCUT2D eigenvalue weighted by Crippen LogP contribution is -2.08. The summed E-state index contributed by atoms with van der Waals surface area (Å²) in [5, 5.41) is 11.3. The van der Waals surface area contributed by atoms with E-state index in [1.807, 2.05) is 25.1 Å². The van der Waals surface area contributed by atoms with Crippen molar-refractivity contribution in [2.24, 2.45) is 5.73 Å². The van der Waals surface area contributed by atoms with Gasteiger partial charge in [0.2, 0.25) is 5.91 Å². The summed E-state index contributed by atoms with van der Waals surface area (Å²) < 4.78 is 1.10. The van der Waals surface area contributed by atoms with Gasteiger partial charge >= 0.3 is 6.09 Å². The van der Waals surface area contributed by atoms with Gasteiger partial charge in [0.05, 0.1) is 5.52 Å². The van der Waals surface area contributed by atoms with Gasteiger partial charge in [0, 0.05) is 57.5 Å². The zero-order valence-electron chi connectivity index (χ0n) is 19.4. The molecule has 9 heteroatoms. The maximum atomic E-state index is 13.4. The molecule has 0 fully saturated rings. The Balaban J connectivity index is 0.000000455. The molecule has 5 rings (SSSR count). The van der Waals surface area contributed by atoms with Gasteiger partial charge in [0.25, 0.3) is 0 Å². The molecule has 0 aliphatic carbocycles. The summed E-state index contributed by atoms with van der Waals surface area (Å²) in [5.74, 6) is -0.414. The lowest BCUT2D eigenvalue weighted by molar-refractivity contribution is -0.118. The molecule has 1 amide bonds. The first-order chi connectivity index (χ1) is 17.3. The molecular formula is C27H23ClN4O4. The third-order valence-electron chi connectivity index (χ3n) is 5.63. The number of primary amides is 1. The number of nitrogens with one attached hydrogen (secondary N) is 1. The summed E-state index contributed by atoms with van der Waals surface area (Å²) in [7, 11) is 0. The number of carbonyl (C=O) groups excluding carboxylic acids is 2. The molecule has 0 atom stereocenters. The van der Waals surface area contributed by atoms with Crippen molar-refractivity contribution in [3.8, 4) is 11.1 Å². The van der Waals surface area contributed by atoms with Gasteiger partial charge in [-0.3, -0.25) is 14.2 Å². The molecule has 36 heavy (non-hydrogen) atoms. The Hall–Kier alpha value is -4.43. The van der Waals surface area contributed by atoms with Crippen LogP contribution in [0.2, 0.25) is 5.02 Å². The van der Waals surface area contributed by atoms with Gasteiger partial charge in [0.1, 0.15) is 5.65 Å². The van der Waals surface area contributed by atoms with Gasteiger partial charge < -0.3 is 15.8 Å². The summed E-state index contributed by atoms with van der Waals surface area (Å²) in [6.07, 6.45) is 5.09. The van der Waals surface area contributed by atoms with Gasteiger partial charge in [-0.1, -0.05) is 42.8 Å². The van der Waals surface area contributed by atoms with E-state index in [1.165, 1.54) is 6.20 Å². The van der Waals surface area contributed by atoms with Crippen molar-refractivity contribution >= 4 is 51.3 Å². The number of fused-ring (bicyclic) bond motifs is 2. The van der Waals surface area contributed by atoms with Gasteiger partial charge in [0.15, 0.2) is 5.78 Å². The SMILES string of the molecule is CCCC(N)=O.O=C(c1c[nH]c2ncc(-c3ccc(Cl)cc3)cc12)c1cccc2c1ccn2C(=O)O. The maximum Gasteiger partial charge on any atom is 0.415 e. The molecule has 0 radical (unpaired) electrons. The minimum atomic E-state index is -1.10. The van der Waals surface area contributed by atoms with Crippen molar-refractivity contribution in [1.82, 2.24) is 14.5 Å². The normalized spacial score (nSPS) is 10.7. The highest BCUT2D eigenvalue weighted by atomic mass is 35.5. The molecule has 8 nitrogen and oxygen atoms in total. The molecule has 5 aromatic rings. The van der Waals surface area contributed by atoms with E-state index in [0.717, 1.165) is 22.1 Å². The van der Waals surface area contributed by atoms with Crippen molar-refractivity contribution in [2.75, 3.05) is 0 Å². The number of aromatic nitrogens is 3. The van der Waals surface area contributed by atoms with E-state index in [-0.39, 0.29) is 11.7 Å². The second-order valence-corrected chi connectivity index (χ2v) is 8.52. The van der Waals surface area contributed by atoms with Crippen LogP contribution < -0.4 is 5.73 Å². The van der Waals surface area contributed by atoms with E-state index in [0.29, 0.717) is 44.5 Å². The molecule has 0 bridgehead atoms. The molecule has 4 N–H and O–H groups in total. The molecule has 0 saturated heterocycles. The van der Waals surface area contributed by atoms with Crippen LogP contribution in [0.4, 0.5) is 4.79 Å². The van der Waals surface area contributed by atoms with Crippen molar-refractivity contribution < 1.29 is 19.5 Å². The lowest BCUT2D eigenvalue weighted by Gasteiger charge is -2.05. The Morgan fingerprint density at radius 1 is 1.03 bits per heavy atom. The Kier molecular flexibility index (Phi) is 7.17. The average molecular weight is 503 g/mol. The number of carbonyl (C=O) groups is 3. The van der Waals surface area contributed by atoms with Crippen LogP contribution in [0.1, 0.15) is 35.7 Å². The smallest absolute Gasteiger partial charge is 0.415 e. The fourth-order valence-corrected chi connectivity index (χ4v) is 4.04. The molecule has 0 saturated carbocycles. The third-order valence-corrected chi connectivity index (χ3v) is 5.89. The highest BCUT2D eigenvalue weighted by molar-refractivity contribution is 6.30. The monoisotopic (exact) mass is 502 g/mol. The quantitative estimate of drug-likeness (QED) is 0.259. The minimum absolute atomic E-state index is 0.204. The number of ketones is 1. The standard InChI is InChI=1S/C23H14ClN3O3.C4H9NO/c24-15-6-4-13(5-7-15)14-10-18-19(12-26-22(18)25-11-14)21(28)17-2-1-3-20-16(17)8-9-27(20)23(29)30;1-2-3-4(5)6/h1-12H,(H,25,26)(H,29,30);2-3H2,1H3,(H2,5,6). The van der Waals surface area contributed by atoms with Crippen molar-refractivity contribution in [2.45, 2.75) is 19.8 Å². The van der Waals surface area contributed by atoms with Crippen LogP contribution >= 0.6 is 11.6 Å². The molecule has 0 aliphatic heterocycles. The van der Waals surface area contributed by atoms with Crippen LogP contribution in [0.25, 0.3) is 33.1 Å². The van der Waals surface area contributed by atoms with Gasteiger partial charge in [-0.05, 0) is 42.3 Å². The number of nitrogens with zero attached hydrogens (tertiary/aromatic N) is 2. The van der Waals surface area contributed by atoms with Crippen molar-refractivity contribution in [3.05, 3.63) is 89.3 Å². The zero-order valence-corrected chi connectivity index (χ0v) is 20.1. The molecular weight excluding hydrogens is 480 g/mol. The number of benzene rings is 2.